The maximum Gasteiger partial charge on any atom is 0.454 e. The molecule has 1 aromatic heterocycles. The minimum Gasteiger partial charge on any atom is -0.284 e. The van der Waals surface area contributed by atoms with Crippen LogP contribution in [0, 0.1) is 18.6 Å². The highest BCUT2D eigenvalue weighted by atomic mass is 19.4. The van der Waals surface area contributed by atoms with Crippen LogP contribution < -0.4 is 0 Å². The van der Waals surface area contributed by atoms with Gasteiger partial charge in [-0.05, 0) is 42.3 Å². The van der Waals surface area contributed by atoms with Crippen LogP contribution in [0.15, 0.2) is 66.7 Å². The third-order valence-corrected chi connectivity index (χ3v) is 5.02. The van der Waals surface area contributed by atoms with Gasteiger partial charge in [0.2, 0.25) is 0 Å². The summed E-state index contributed by atoms with van der Waals surface area (Å²) in [6, 6.07) is 15.8. The molecule has 0 atom stereocenters. The van der Waals surface area contributed by atoms with Crippen molar-refractivity contribution in [1.82, 2.24) is 4.98 Å². The summed E-state index contributed by atoms with van der Waals surface area (Å²) in [4.78, 5) is 16.5. The van der Waals surface area contributed by atoms with Gasteiger partial charge in [-0.15, -0.1) is 0 Å². The van der Waals surface area contributed by atoms with Gasteiger partial charge in [-0.3, -0.25) is 4.79 Å². The molecule has 0 fully saturated rings. The van der Waals surface area contributed by atoms with Crippen LogP contribution in [-0.2, 0) is 0 Å². The maximum absolute atomic E-state index is 14.0. The van der Waals surface area contributed by atoms with Gasteiger partial charge in [0.25, 0.3) is 5.78 Å². The highest BCUT2D eigenvalue weighted by molar-refractivity contribution is 6.12. The number of halogens is 5. The number of benzene rings is 3. The lowest BCUT2D eigenvalue weighted by atomic mass is 9.94. The summed E-state index contributed by atoms with van der Waals surface area (Å²) in [6.07, 6.45) is -5.13. The molecule has 0 aliphatic carbocycles. The van der Waals surface area contributed by atoms with Crippen LogP contribution in [0.25, 0.3) is 33.3 Å². The summed E-state index contributed by atoms with van der Waals surface area (Å²) in [5.74, 6) is -3.24. The smallest absolute Gasteiger partial charge is 0.284 e. The first-order valence-electron chi connectivity index (χ1n) is 9.23. The number of Topliss-reactive ketones (excluding diaryl/α,β-unsaturated/α-hetero) is 1. The molecule has 1 heterocycles. The molecule has 156 valence electrons. The summed E-state index contributed by atoms with van der Waals surface area (Å²) < 4.78 is 67.5. The Labute approximate surface area is 174 Å². The van der Waals surface area contributed by atoms with E-state index in [1.54, 1.807) is 42.5 Å². The average Bonchev–Trinajstić information content (AvgIpc) is 2.73. The van der Waals surface area contributed by atoms with E-state index in [2.05, 4.69) is 4.98 Å². The van der Waals surface area contributed by atoms with Crippen molar-refractivity contribution in [1.29, 1.82) is 0 Å². The molecule has 3 aromatic carbocycles. The Balaban J connectivity index is 1.90. The SMILES string of the molecule is Cc1c(-c2ccc(-c3ccccc3F)cc2)nc2ccc(F)cc2c1C(=O)C(F)(F)F. The van der Waals surface area contributed by atoms with Crippen molar-refractivity contribution in [3.8, 4) is 22.4 Å². The van der Waals surface area contributed by atoms with Crippen LogP contribution in [0.4, 0.5) is 22.0 Å². The molecule has 0 bridgehead atoms. The van der Waals surface area contributed by atoms with E-state index < -0.39 is 29.2 Å². The Morgan fingerprint density at radius 1 is 0.871 bits per heavy atom. The zero-order valence-corrected chi connectivity index (χ0v) is 16.1. The molecule has 0 radical (unpaired) electrons. The summed E-state index contributed by atoms with van der Waals surface area (Å²) in [5.41, 5.74) is 0.971. The number of rotatable bonds is 3. The van der Waals surface area contributed by atoms with Gasteiger partial charge in [0.15, 0.2) is 0 Å². The number of ketones is 1. The quantitative estimate of drug-likeness (QED) is 0.263. The Bertz CT molecular complexity index is 1310. The fourth-order valence-electron chi connectivity index (χ4n) is 3.55. The Hall–Kier alpha value is -3.61. The minimum absolute atomic E-state index is 0.0148. The van der Waals surface area contributed by atoms with E-state index in [0.717, 1.165) is 12.1 Å². The third-order valence-electron chi connectivity index (χ3n) is 5.02. The summed E-state index contributed by atoms with van der Waals surface area (Å²) in [5, 5.41) is -0.202. The van der Waals surface area contributed by atoms with Gasteiger partial charge in [-0.2, -0.15) is 13.2 Å². The van der Waals surface area contributed by atoms with E-state index in [9.17, 15) is 26.7 Å². The molecule has 0 amide bonds. The Morgan fingerprint density at radius 3 is 2.16 bits per heavy atom. The molecule has 0 aliphatic rings. The number of hydrogen-bond donors (Lipinski definition) is 0. The number of hydrogen-bond acceptors (Lipinski definition) is 2. The molecule has 0 N–H and O–H groups in total. The fourth-order valence-corrected chi connectivity index (χ4v) is 3.55. The second-order valence-electron chi connectivity index (χ2n) is 7.01. The number of carbonyl (C=O) groups excluding carboxylic acids is 1. The molecule has 2 nitrogen and oxygen atoms in total. The number of carbonyl (C=O) groups is 1. The molecule has 4 aromatic rings. The van der Waals surface area contributed by atoms with Gasteiger partial charge in [0.1, 0.15) is 11.6 Å². The Kier molecular flexibility index (Phi) is 5.05. The van der Waals surface area contributed by atoms with Crippen molar-refractivity contribution < 1.29 is 26.7 Å². The van der Waals surface area contributed by atoms with Crippen LogP contribution in [0.2, 0.25) is 0 Å². The zero-order valence-electron chi connectivity index (χ0n) is 16.1. The summed E-state index contributed by atoms with van der Waals surface area (Å²) in [7, 11) is 0. The van der Waals surface area contributed by atoms with Gasteiger partial charge in [0, 0.05) is 22.1 Å². The normalized spacial score (nSPS) is 11.7. The molecule has 0 spiro atoms. The standard InChI is InChI=1S/C24H14F5NO/c1-13-21(23(31)24(27,28)29)18-12-16(25)10-11-20(18)30-22(13)15-8-6-14(7-9-15)17-4-2-3-5-19(17)26/h2-12H,1H3. The number of nitrogens with zero attached hydrogens (tertiary/aromatic N) is 1. The fraction of sp³-hybridized carbons (Fsp3) is 0.0833. The lowest BCUT2D eigenvalue weighted by Crippen LogP contribution is -2.24. The molecule has 31 heavy (non-hydrogen) atoms. The largest absolute Gasteiger partial charge is 0.454 e. The lowest BCUT2D eigenvalue weighted by Gasteiger charge is -2.15. The third kappa shape index (κ3) is 3.79. The predicted octanol–water partition coefficient (Wildman–Crippen LogP) is 6.90. The molecule has 0 saturated heterocycles. The van der Waals surface area contributed by atoms with E-state index in [1.807, 2.05) is 0 Å². The van der Waals surface area contributed by atoms with Gasteiger partial charge in [-0.1, -0.05) is 42.5 Å². The first-order chi connectivity index (χ1) is 14.7. The summed E-state index contributed by atoms with van der Waals surface area (Å²) >= 11 is 0. The molecular formula is C24H14F5NO. The average molecular weight is 427 g/mol. The zero-order chi connectivity index (χ0) is 22.3. The first-order valence-corrected chi connectivity index (χ1v) is 9.23. The Morgan fingerprint density at radius 2 is 1.52 bits per heavy atom. The van der Waals surface area contributed by atoms with E-state index in [1.165, 1.54) is 19.1 Å². The second kappa shape index (κ2) is 7.58. The van der Waals surface area contributed by atoms with Crippen LogP contribution in [0.3, 0.4) is 0 Å². The van der Waals surface area contributed by atoms with Gasteiger partial charge in [0.05, 0.1) is 11.2 Å². The van der Waals surface area contributed by atoms with E-state index >= 15 is 0 Å². The number of pyridine rings is 1. The number of alkyl halides is 3. The van der Waals surface area contributed by atoms with Gasteiger partial charge >= 0.3 is 6.18 Å². The van der Waals surface area contributed by atoms with E-state index in [4.69, 9.17) is 0 Å². The predicted molar refractivity (Wildman–Crippen MR) is 108 cm³/mol. The lowest BCUT2D eigenvalue weighted by molar-refractivity contribution is -0.0884. The molecular weight excluding hydrogens is 413 g/mol. The summed E-state index contributed by atoms with van der Waals surface area (Å²) in [6.45, 7) is 1.34. The monoisotopic (exact) mass is 427 g/mol. The maximum atomic E-state index is 14.0. The van der Waals surface area contributed by atoms with Gasteiger partial charge < -0.3 is 0 Å². The van der Waals surface area contributed by atoms with Crippen molar-refractivity contribution in [2.45, 2.75) is 13.1 Å². The second-order valence-corrected chi connectivity index (χ2v) is 7.01. The first kappa shape index (κ1) is 20.7. The van der Waals surface area contributed by atoms with Crippen LogP contribution in [0.5, 0.6) is 0 Å². The number of fused-ring (bicyclic) bond motifs is 1. The van der Waals surface area contributed by atoms with Crippen LogP contribution in [-0.4, -0.2) is 16.9 Å². The molecule has 4 rings (SSSR count). The molecule has 0 aliphatic heterocycles. The molecule has 0 saturated carbocycles. The van der Waals surface area contributed by atoms with Crippen molar-refractivity contribution in [3.05, 3.63) is 89.5 Å². The topological polar surface area (TPSA) is 30.0 Å². The highest BCUT2D eigenvalue weighted by Crippen LogP contribution is 2.35. The number of aromatic nitrogens is 1. The van der Waals surface area contributed by atoms with Crippen molar-refractivity contribution in [3.63, 3.8) is 0 Å². The van der Waals surface area contributed by atoms with Crippen molar-refractivity contribution >= 4 is 16.7 Å². The van der Waals surface area contributed by atoms with E-state index in [0.29, 0.717) is 16.7 Å². The van der Waals surface area contributed by atoms with Crippen LogP contribution >= 0.6 is 0 Å². The molecule has 0 unspecified atom stereocenters. The van der Waals surface area contributed by atoms with Crippen molar-refractivity contribution in [2.75, 3.05) is 0 Å². The van der Waals surface area contributed by atoms with Gasteiger partial charge in [-0.25, -0.2) is 13.8 Å². The highest BCUT2D eigenvalue weighted by Gasteiger charge is 2.41. The van der Waals surface area contributed by atoms with Crippen molar-refractivity contribution in [2.24, 2.45) is 0 Å². The molecule has 7 heteroatoms. The van der Waals surface area contributed by atoms with E-state index in [-0.39, 0.29) is 22.2 Å². The minimum atomic E-state index is -5.13. The van der Waals surface area contributed by atoms with Crippen LogP contribution in [0.1, 0.15) is 15.9 Å².